The molecule has 2 aromatic rings. The highest BCUT2D eigenvalue weighted by atomic mass is 32.1. The molecule has 0 amide bonds. The molecule has 0 fully saturated rings. The van der Waals surface area contributed by atoms with Crippen LogP contribution in [-0.4, -0.2) is 23.5 Å². The lowest BCUT2D eigenvalue weighted by atomic mass is 10.2. The lowest BCUT2D eigenvalue weighted by molar-refractivity contribution is 0.316. The molecule has 102 valence electrons. The summed E-state index contributed by atoms with van der Waals surface area (Å²) >= 11 is 1.64. The maximum Gasteiger partial charge on any atom is 0.182 e. The molecule has 2 rings (SSSR count). The van der Waals surface area contributed by atoms with E-state index in [1.807, 2.05) is 32.3 Å². The predicted octanol–water partition coefficient (Wildman–Crippen LogP) is 3.35. The summed E-state index contributed by atoms with van der Waals surface area (Å²) in [5.41, 5.74) is 0.724. The lowest BCUT2D eigenvalue weighted by Gasteiger charge is -2.15. The molecule has 0 aliphatic heterocycles. The molecule has 0 aliphatic carbocycles. The van der Waals surface area contributed by atoms with Crippen molar-refractivity contribution in [3.05, 3.63) is 46.7 Å². The van der Waals surface area contributed by atoms with Gasteiger partial charge in [-0.05, 0) is 20.0 Å². The van der Waals surface area contributed by atoms with Gasteiger partial charge in [0.2, 0.25) is 0 Å². The van der Waals surface area contributed by atoms with Crippen LogP contribution >= 0.6 is 11.3 Å². The molecule has 0 atom stereocenters. The van der Waals surface area contributed by atoms with Crippen molar-refractivity contribution in [2.75, 3.05) is 18.9 Å². The molecule has 0 aliphatic rings. The van der Waals surface area contributed by atoms with E-state index >= 15 is 0 Å². The van der Waals surface area contributed by atoms with E-state index in [0.29, 0.717) is 6.54 Å². The summed E-state index contributed by atoms with van der Waals surface area (Å²) in [5, 5.41) is 4.13. The fourth-order valence-electron chi connectivity index (χ4n) is 1.85. The second-order valence-electron chi connectivity index (χ2n) is 4.43. The largest absolute Gasteiger partial charge is 0.362 e. The van der Waals surface area contributed by atoms with Crippen molar-refractivity contribution >= 4 is 16.5 Å². The molecule has 0 unspecified atom stereocenters. The van der Waals surface area contributed by atoms with Gasteiger partial charge in [0.05, 0.1) is 0 Å². The Morgan fingerprint density at radius 3 is 2.84 bits per heavy atom. The summed E-state index contributed by atoms with van der Waals surface area (Å²) in [4.78, 5) is 7.55. The Morgan fingerprint density at radius 2 is 2.11 bits per heavy atom. The normalized spacial score (nSPS) is 10.9. The van der Waals surface area contributed by atoms with E-state index in [1.165, 1.54) is 10.9 Å². The summed E-state index contributed by atoms with van der Waals surface area (Å²) in [6.07, 6.45) is 1.88. The summed E-state index contributed by atoms with van der Waals surface area (Å²) in [6, 6.07) is 6.90. The van der Waals surface area contributed by atoms with Crippen LogP contribution in [0, 0.1) is 5.82 Å². The highest BCUT2D eigenvalue weighted by molar-refractivity contribution is 7.15. The molecule has 19 heavy (non-hydrogen) atoms. The van der Waals surface area contributed by atoms with Crippen molar-refractivity contribution in [1.29, 1.82) is 0 Å². The topological polar surface area (TPSA) is 28.2 Å². The van der Waals surface area contributed by atoms with Crippen LogP contribution in [0.5, 0.6) is 0 Å². The Hall–Kier alpha value is -1.46. The number of rotatable bonds is 6. The van der Waals surface area contributed by atoms with Gasteiger partial charge in [0.1, 0.15) is 5.82 Å². The van der Waals surface area contributed by atoms with Crippen LogP contribution in [0.3, 0.4) is 0 Å². The number of anilines is 1. The molecule has 1 aromatic carbocycles. The van der Waals surface area contributed by atoms with Gasteiger partial charge in [-0.1, -0.05) is 18.2 Å². The van der Waals surface area contributed by atoms with Gasteiger partial charge in [-0.2, -0.15) is 0 Å². The molecule has 0 saturated carbocycles. The number of thiazole rings is 1. The number of nitrogens with zero attached hydrogens (tertiary/aromatic N) is 2. The maximum absolute atomic E-state index is 13.5. The Kier molecular flexibility index (Phi) is 4.87. The van der Waals surface area contributed by atoms with Gasteiger partial charge in [-0.25, -0.2) is 9.37 Å². The van der Waals surface area contributed by atoms with Gasteiger partial charge >= 0.3 is 0 Å². The van der Waals surface area contributed by atoms with Crippen LogP contribution in [0.1, 0.15) is 17.4 Å². The standard InChI is InChI=1S/C14H18FN3S/c1-3-16-14-17-8-12(19-14)10-18(2)9-11-6-4-5-7-13(11)15/h4-8H,3,9-10H2,1-2H3,(H,16,17). The van der Waals surface area contributed by atoms with Gasteiger partial charge in [-0.3, -0.25) is 4.90 Å². The first-order valence-electron chi connectivity index (χ1n) is 6.29. The van der Waals surface area contributed by atoms with Crippen LogP contribution in [0.15, 0.2) is 30.5 Å². The first-order chi connectivity index (χ1) is 9.19. The number of nitrogens with one attached hydrogen (secondary N) is 1. The zero-order valence-electron chi connectivity index (χ0n) is 11.2. The van der Waals surface area contributed by atoms with Crippen molar-refractivity contribution in [3.63, 3.8) is 0 Å². The number of hydrogen-bond acceptors (Lipinski definition) is 4. The van der Waals surface area contributed by atoms with E-state index in [1.54, 1.807) is 17.4 Å². The van der Waals surface area contributed by atoms with Gasteiger partial charge < -0.3 is 5.32 Å². The van der Waals surface area contributed by atoms with Crippen molar-refractivity contribution in [1.82, 2.24) is 9.88 Å². The molecule has 0 saturated heterocycles. The van der Waals surface area contributed by atoms with E-state index in [0.717, 1.165) is 23.8 Å². The third kappa shape index (κ3) is 4.01. The second kappa shape index (κ2) is 6.63. The molecule has 1 aromatic heterocycles. The van der Waals surface area contributed by atoms with Crippen LogP contribution in [0.25, 0.3) is 0 Å². The van der Waals surface area contributed by atoms with Crippen LogP contribution in [0.2, 0.25) is 0 Å². The Morgan fingerprint density at radius 1 is 1.32 bits per heavy atom. The number of hydrogen-bond donors (Lipinski definition) is 1. The van der Waals surface area contributed by atoms with Crippen molar-refractivity contribution in [2.24, 2.45) is 0 Å². The van der Waals surface area contributed by atoms with Gasteiger partial charge in [0.25, 0.3) is 0 Å². The second-order valence-corrected chi connectivity index (χ2v) is 5.54. The van der Waals surface area contributed by atoms with Crippen LogP contribution in [0.4, 0.5) is 9.52 Å². The molecule has 3 nitrogen and oxygen atoms in total. The van der Waals surface area contributed by atoms with Crippen molar-refractivity contribution in [3.8, 4) is 0 Å². The van der Waals surface area contributed by atoms with Gasteiger partial charge in [0, 0.05) is 36.3 Å². The molecule has 0 bridgehead atoms. The quantitative estimate of drug-likeness (QED) is 0.879. The minimum absolute atomic E-state index is 0.146. The van der Waals surface area contributed by atoms with Crippen LogP contribution < -0.4 is 5.32 Å². The monoisotopic (exact) mass is 279 g/mol. The minimum Gasteiger partial charge on any atom is -0.362 e. The molecule has 0 spiro atoms. The number of benzene rings is 1. The summed E-state index contributed by atoms with van der Waals surface area (Å²) < 4.78 is 13.5. The molecular formula is C14H18FN3S. The Labute approximate surface area is 117 Å². The van der Waals surface area contributed by atoms with E-state index in [2.05, 4.69) is 15.2 Å². The highest BCUT2D eigenvalue weighted by Gasteiger charge is 2.08. The third-order valence-corrected chi connectivity index (χ3v) is 3.65. The first kappa shape index (κ1) is 14.0. The van der Waals surface area contributed by atoms with E-state index in [4.69, 9.17) is 0 Å². The smallest absolute Gasteiger partial charge is 0.182 e. The summed E-state index contributed by atoms with van der Waals surface area (Å²) in [6.45, 7) is 4.29. The zero-order chi connectivity index (χ0) is 13.7. The summed E-state index contributed by atoms with van der Waals surface area (Å²) in [5.74, 6) is -0.146. The number of aromatic nitrogens is 1. The Bertz CT molecular complexity index is 527. The molecule has 0 radical (unpaired) electrons. The fraction of sp³-hybridized carbons (Fsp3) is 0.357. The Balaban J connectivity index is 1.93. The van der Waals surface area contributed by atoms with E-state index < -0.39 is 0 Å². The minimum atomic E-state index is -0.146. The average Bonchev–Trinajstić information content (AvgIpc) is 2.80. The average molecular weight is 279 g/mol. The number of halogens is 1. The van der Waals surface area contributed by atoms with E-state index in [9.17, 15) is 4.39 Å². The summed E-state index contributed by atoms with van der Waals surface area (Å²) in [7, 11) is 1.99. The molecule has 1 N–H and O–H groups in total. The van der Waals surface area contributed by atoms with Gasteiger partial charge in [0.15, 0.2) is 5.13 Å². The molecular weight excluding hydrogens is 261 g/mol. The van der Waals surface area contributed by atoms with E-state index in [-0.39, 0.29) is 5.82 Å². The highest BCUT2D eigenvalue weighted by Crippen LogP contribution is 2.20. The third-order valence-electron chi connectivity index (χ3n) is 2.71. The SMILES string of the molecule is CCNc1ncc(CN(C)Cc2ccccc2F)s1. The van der Waals surface area contributed by atoms with Crippen molar-refractivity contribution < 1.29 is 4.39 Å². The molecule has 5 heteroatoms. The van der Waals surface area contributed by atoms with Crippen molar-refractivity contribution in [2.45, 2.75) is 20.0 Å². The first-order valence-corrected chi connectivity index (χ1v) is 7.11. The fourth-order valence-corrected chi connectivity index (χ4v) is 2.81. The molecule has 1 heterocycles. The van der Waals surface area contributed by atoms with Crippen LogP contribution in [-0.2, 0) is 13.1 Å². The lowest BCUT2D eigenvalue weighted by Crippen LogP contribution is -2.17. The van der Waals surface area contributed by atoms with Gasteiger partial charge in [-0.15, -0.1) is 11.3 Å². The maximum atomic E-state index is 13.5. The zero-order valence-corrected chi connectivity index (χ0v) is 12.0. The predicted molar refractivity (Wildman–Crippen MR) is 77.8 cm³/mol.